The van der Waals surface area contributed by atoms with Crippen molar-refractivity contribution < 1.29 is 0 Å². The van der Waals surface area contributed by atoms with Crippen LogP contribution in [0.15, 0.2) is 36.4 Å². The standard InChI is InChI=1S/C12H7Cl2N3/c13-8-6-9-12(16-17-15-9)10(11(8)14)7-4-2-1-3-5-7/h1-6H,(H,15,16,17). The van der Waals surface area contributed by atoms with Gasteiger partial charge in [-0.3, -0.25) is 0 Å². The molecular weight excluding hydrogens is 257 g/mol. The minimum Gasteiger partial charge on any atom is -0.197 e. The van der Waals surface area contributed by atoms with Gasteiger partial charge in [0.1, 0.15) is 11.0 Å². The van der Waals surface area contributed by atoms with Crippen LogP contribution in [0.4, 0.5) is 0 Å². The highest BCUT2D eigenvalue weighted by Gasteiger charge is 2.15. The molecule has 3 nitrogen and oxygen atoms in total. The molecule has 3 rings (SSSR count). The van der Waals surface area contributed by atoms with Gasteiger partial charge in [-0.2, -0.15) is 15.4 Å². The van der Waals surface area contributed by atoms with Crippen molar-refractivity contribution in [3.63, 3.8) is 0 Å². The molecule has 0 aliphatic heterocycles. The smallest absolute Gasteiger partial charge is 0.122 e. The van der Waals surface area contributed by atoms with Gasteiger partial charge in [-0.1, -0.05) is 53.5 Å². The first kappa shape index (κ1) is 10.6. The molecule has 5 heteroatoms. The van der Waals surface area contributed by atoms with E-state index in [4.69, 9.17) is 23.2 Å². The summed E-state index contributed by atoms with van der Waals surface area (Å²) < 4.78 is 0. The van der Waals surface area contributed by atoms with Crippen molar-refractivity contribution in [3.05, 3.63) is 46.4 Å². The second kappa shape index (κ2) is 4.02. The van der Waals surface area contributed by atoms with Crippen LogP contribution in [0.1, 0.15) is 0 Å². The van der Waals surface area contributed by atoms with E-state index in [1.54, 1.807) is 6.07 Å². The fourth-order valence-corrected chi connectivity index (χ4v) is 2.25. The van der Waals surface area contributed by atoms with Crippen molar-refractivity contribution >= 4 is 34.2 Å². The summed E-state index contributed by atoms with van der Waals surface area (Å²) in [6.07, 6.45) is 0. The van der Waals surface area contributed by atoms with E-state index in [2.05, 4.69) is 15.4 Å². The van der Waals surface area contributed by atoms with Crippen LogP contribution >= 0.6 is 23.2 Å². The lowest BCUT2D eigenvalue weighted by atomic mass is 10.0. The molecular formula is C12H7Cl2N3. The molecule has 3 aromatic rings. The normalized spacial score (nSPS) is 10.9. The molecule has 0 spiro atoms. The highest BCUT2D eigenvalue weighted by molar-refractivity contribution is 6.45. The van der Waals surface area contributed by atoms with Crippen molar-refractivity contribution in [2.75, 3.05) is 0 Å². The van der Waals surface area contributed by atoms with Crippen LogP contribution in [0.5, 0.6) is 0 Å². The van der Waals surface area contributed by atoms with Crippen molar-refractivity contribution in [1.82, 2.24) is 15.4 Å². The quantitative estimate of drug-likeness (QED) is 0.723. The monoisotopic (exact) mass is 263 g/mol. The zero-order valence-corrected chi connectivity index (χ0v) is 10.1. The first-order chi connectivity index (χ1) is 8.27. The maximum atomic E-state index is 6.25. The van der Waals surface area contributed by atoms with E-state index in [0.29, 0.717) is 15.6 Å². The maximum Gasteiger partial charge on any atom is 0.122 e. The lowest BCUT2D eigenvalue weighted by Gasteiger charge is -2.06. The molecule has 0 atom stereocenters. The Morgan fingerprint density at radius 3 is 2.53 bits per heavy atom. The molecule has 0 aliphatic rings. The number of hydrogen-bond donors (Lipinski definition) is 1. The summed E-state index contributed by atoms with van der Waals surface area (Å²) in [6.45, 7) is 0. The van der Waals surface area contributed by atoms with E-state index >= 15 is 0 Å². The highest BCUT2D eigenvalue weighted by atomic mass is 35.5. The Hall–Kier alpha value is -1.58. The first-order valence-electron chi connectivity index (χ1n) is 5.01. The van der Waals surface area contributed by atoms with Gasteiger partial charge in [-0.25, -0.2) is 0 Å². The number of H-pyrrole nitrogens is 1. The topological polar surface area (TPSA) is 41.6 Å². The van der Waals surface area contributed by atoms with E-state index in [1.807, 2.05) is 30.3 Å². The molecule has 17 heavy (non-hydrogen) atoms. The second-order valence-corrected chi connectivity index (χ2v) is 4.39. The number of aromatic nitrogens is 3. The van der Waals surface area contributed by atoms with Crippen LogP contribution < -0.4 is 0 Å². The van der Waals surface area contributed by atoms with E-state index in [9.17, 15) is 0 Å². The third-order valence-electron chi connectivity index (χ3n) is 2.57. The van der Waals surface area contributed by atoms with Crippen LogP contribution in [0.25, 0.3) is 22.2 Å². The molecule has 0 amide bonds. The van der Waals surface area contributed by atoms with E-state index in [1.165, 1.54) is 0 Å². The second-order valence-electron chi connectivity index (χ2n) is 3.60. The molecule has 0 aliphatic carbocycles. The molecule has 2 aromatic carbocycles. The summed E-state index contributed by atoms with van der Waals surface area (Å²) in [6, 6.07) is 11.5. The van der Waals surface area contributed by atoms with Gasteiger partial charge in [0.05, 0.1) is 10.0 Å². The Morgan fingerprint density at radius 2 is 1.76 bits per heavy atom. The van der Waals surface area contributed by atoms with E-state index in [0.717, 1.165) is 16.6 Å². The lowest BCUT2D eigenvalue weighted by Crippen LogP contribution is -1.84. The summed E-state index contributed by atoms with van der Waals surface area (Å²) in [5, 5.41) is 11.7. The summed E-state index contributed by atoms with van der Waals surface area (Å²) in [7, 11) is 0. The van der Waals surface area contributed by atoms with Crippen molar-refractivity contribution in [3.8, 4) is 11.1 Å². The Balaban J connectivity index is 2.42. The molecule has 0 fully saturated rings. The van der Waals surface area contributed by atoms with Crippen LogP contribution in [0.2, 0.25) is 10.0 Å². The number of nitrogens with zero attached hydrogens (tertiary/aromatic N) is 2. The molecule has 0 radical (unpaired) electrons. The minimum atomic E-state index is 0.479. The molecule has 1 heterocycles. The predicted octanol–water partition coefficient (Wildman–Crippen LogP) is 3.93. The third kappa shape index (κ3) is 1.68. The Morgan fingerprint density at radius 1 is 1.00 bits per heavy atom. The SMILES string of the molecule is Clc1cc2n[nH]nc2c(-c2ccccc2)c1Cl. The molecule has 84 valence electrons. The summed E-state index contributed by atoms with van der Waals surface area (Å²) in [4.78, 5) is 0. The lowest BCUT2D eigenvalue weighted by molar-refractivity contribution is 0.959. The predicted molar refractivity (Wildman–Crippen MR) is 69.3 cm³/mol. The average Bonchev–Trinajstić information content (AvgIpc) is 2.79. The number of hydrogen-bond acceptors (Lipinski definition) is 2. The van der Waals surface area contributed by atoms with Gasteiger partial charge in [-0.05, 0) is 11.6 Å². The molecule has 0 saturated carbocycles. The van der Waals surface area contributed by atoms with Gasteiger partial charge < -0.3 is 0 Å². The summed E-state index contributed by atoms with van der Waals surface area (Å²) in [5.74, 6) is 0. The minimum absolute atomic E-state index is 0.479. The number of fused-ring (bicyclic) bond motifs is 1. The highest BCUT2D eigenvalue weighted by Crippen LogP contribution is 2.38. The fourth-order valence-electron chi connectivity index (χ4n) is 1.80. The summed E-state index contributed by atoms with van der Waals surface area (Å²) >= 11 is 12.3. The molecule has 1 aromatic heterocycles. The Labute approximate surface area is 107 Å². The third-order valence-corrected chi connectivity index (χ3v) is 3.35. The van der Waals surface area contributed by atoms with Gasteiger partial charge in [-0.15, -0.1) is 0 Å². The van der Waals surface area contributed by atoms with Crippen LogP contribution in [-0.2, 0) is 0 Å². The number of aromatic amines is 1. The summed E-state index contributed by atoms with van der Waals surface area (Å²) in [5.41, 5.74) is 3.21. The van der Waals surface area contributed by atoms with Gasteiger partial charge in [0, 0.05) is 5.56 Å². The number of rotatable bonds is 1. The van der Waals surface area contributed by atoms with E-state index in [-0.39, 0.29) is 0 Å². The number of benzene rings is 2. The van der Waals surface area contributed by atoms with Gasteiger partial charge in [0.2, 0.25) is 0 Å². The van der Waals surface area contributed by atoms with Crippen LogP contribution in [-0.4, -0.2) is 15.4 Å². The van der Waals surface area contributed by atoms with Crippen LogP contribution in [0.3, 0.4) is 0 Å². The number of nitrogens with one attached hydrogen (secondary N) is 1. The zero-order valence-electron chi connectivity index (χ0n) is 8.61. The van der Waals surface area contributed by atoms with Crippen molar-refractivity contribution in [2.45, 2.75) is 0 Å². The maximum absolute atomic E-state index is 6.25. The first-order valence-corrected chi connectivity index (χ1v) is 5.77. The Kier molecular flexibility index (Phi) is 2.50. The number of halogens is 2. The van der Waals surface area contributed by atoms with Gasteiger partial charge >= 0.3 is 0 Å². The zero-order chi connectivity index (χ0) is 11.8. The molecule has 1 N–H and O–H groups in total. The largest absolute Gasteiger partial charge is 0.197 e. The van der Waals surface area contributed by atoms with Gasteiger partial charge in [0.25, 0.3) is 0 Å². The van der Waals surface area contributed by atoms with Crippen molar-refractivity contribution in [2.24, 2.45) is 0 Å². The van der Waals surface area contributed by atoms with Crippen molar-refractivity contribution in [1.29, 1.82) is 0 Å². The van der Waals surface area contributed by atoms with Crippen LogP contribution in [0, 0.1) is 0 Å². The molecule has 0 unspecified atom stereocenters. The van der Waals surface area contributed by atoms with E-state index < -0.39 is 0 Å². The Bertz CT molecular complexity index is 677. The van der Waals surface area contributed by atoms with Gasteiger partial charge in [0.15, 0.2) is 0 Å². The fraction of sp³-hybridized carbons (Fsp3) is 0. The average molecular weight is 264 g/mol. The molecule has 0 bridgehead atoms. The molecule has 0 saturated heterocycles.